The van der Waals surface area contributed by atoms with Gasteiger partial charge in [-0.15, -0.1) is 12.4 Å². The molecule has 116 valence electrons. The van der Waals surface area contributed by atoms with E-state index in [-0.39, 0.29) is 41.7 Å². The molecule has 2 heterocycles. The van der Waals surface area contributed by atoms with Crippen LogP contribution in [0.1, 0.15) is 40.0 Å². The monoisotopic (exact) mass is 303 g/mol. The van der Waals surface area contributed by atoms with Crippen molar-refractivity contribution < 1.29 is 9.59 Å². The van der Waals surface area contributed by atoms with Gasteiger partial charge in [-0.05, 0) is 46.7 Å². The zero-order valence-corrected chi connectivity index (χ0v) is 13.4. The molecule has 2 aliphatic heterocycles. The number of nitrogens with zero attached hydrogens (tertiary/aromatic N) is 1. The fraction of sp³-hybridized carbons (Fsp3) is 0.857. The largest absolute Gasteiger partial charge is 0.351 e. The molecule has 1 unspecified atom stereocenters. The number of hydrogen-bond acceptors (Lipinski definition) is 3. The maximum atomic E-state index is 12.1. The number of likely N-dealkylation sites (tertiary alicyclic amines) is 1. The van der Waals surface area contributed by atoms with Gasteiger partial charge in [-0.3, -0.25) is 9.59 Å². The Morgan fingerprint density at radius 1 is 1.30 bits per heavy atom. The molecule has 0 aliphatic carbocycles. The summed E-state index contributed by atoms with van der Waals surface area (Å²) in [5, 5.41) is 6.31. The van der Waals surface area contributed by atoms with E-state index in [1.54, 1.807) is 0 Å². The highest BCUT2D eigenvalue weighted by Crippen LogP contribution is 2.22. The van der Waals surface area contributed by atoms with Gasteiger partial charge in [0.1, 0.15) is 0 Å². The molecule has 2 saturated heterocycles. The minimum Gasteiger partial charge on any atom is -0.351 e. The van der Waals surface area contributed by atoms with E-state index in [2.05, 4.69) is 10.6 Å². The van der Waals surface area contributed by atoms with Gasteiger partial charge in [-0.1, -0.05) is 0 Å². The summed E-state index contributed by atoms with van der Waals surface area (Å²) in [5.41, 5.74) is -0.161. The van der Waals surface area contributed by atoms with E-state index in [4.69, 9.17) is 0 Å². The summed E-state index contributed by atoms with van der Waals surface area (Å²) in [6.07, 6.45) is 2.24. The van der Waals surface area contributed by atoms with Crippen molar-refractivity contribution in [3.8, 4) is 0 Å². The predicted octanol–water partition coefficient (Wildman–Crippen LogP) is 0.923. The second-order valence-corrected chi connectivity index (χ2v) is 6.61. The fourth-order valence-corrected chi connectivity index (χ4v) is 2.86. The average molecular weight is 304 g/mol. The number of carbonyl (C=O) groups is 2. The first-order valence-electron chi connectivity index (χ1n) is 7.19. The third kappa shape index (κ3) is 4.09. The van der Waals surface area contributed by atoms with E-state index in [9.17, 15) is 9.59 Å². The van der Waals surface area contributed by atoms with Crippen molar-refractivity contribution >= 4 is 24.2 Å². The number of carbonyl (C=O) groups excluding carboxylic acids is 2. The van der Waals surface area contributed by atoms with Crippen molar-refractivity contribution in [3.63, 3.8) is 0 Å². The van der Waals surface area contributed by atoms with Gasteiger partial charge in [0, 0.05) is 24.4 Å². The standard InChI is InChI=1S/C14H25N3O2.ClH/c1-14(2,3)17-9-11(8-12(17)18)16-13(19)10-4-6-15-7-5-10;/h10-11,15H,4-9H2,1-3H3,(H,16,19);1H. The average Bonchev–Trinajstić information content (AvgIpc) is 2.71. The van der Waals surface area contributed by atoms with Crippen LogP contribution in [0.3, 0.4) is 0 Å². The SMILES string of the molecule is CC(C)(C)N1CC(NC(=O)C2CCNCC2)CC1=O.Cl. The molecule has 1 atom stereocenters. The van der Waals surface area contributed by atoms with E-state index in [1.165, 1.54) is 0 Å². The first-order valence-corrected chi connectivity index (χ1v) is 7.19. The highest BCUT2D eigenvalue weighted by atomic mass is 35.5. The normalized spacial score (nSPS) is 24.4. The molecule has 2 fully saturated rings. The van der Waals surface area contributed by atoms with E-state index in [0.29, 0.717) is 13.0 Å². The summed E-state index contributed by atoms with van der Waals surface area (Å²) in [6.45, 7) is 8.55. The molecule has 2 N–H and O–H groups in total. The van der Waals surface area contributed by atoms with Gasteiger partial charge in [0.25, 0.3) is 0 Å². The van der Waals surface area contributed by atoms with E-state index in [0.717, 1.165) is 25.9 Å². The number of hydrogen-bond donors (Lipinski definition) is 2. The molecule has 0 spiro atoms. The number of piperidine rings is 1. The summed E-state index contributed by atoms with van der Waals surface area (Å²) >= 11 is 0. The number of nitrogens with one attached hydrogen (secondary N) is 2. The van der Waals surface area contributed by atoms with Gasteiger partial charge in [-0.2, -0.15) is 0 Å². The Balaban J connectivity index is 0.00000200. The van der Waals surface area contributed by atoms with Crippen LogP contribution in [0.25, 0.3) is 0 Å². The zero-order chi connectivity index (χ0) is 14.0. The van der Waals surface area contributed by atoms with Gasteiger partial charge in [0.2, 0.25) is 11.8 Å². The molecule has 5 nitrogen and oxygen atoms in total. The minimum atomic E-state index is -0.161. The molecule has 0 aromatic carbocycles. The van der Waals surface area contributed by atoms with Gasteiger partial charge in [0.15, 0.2) is 0 Å². The lowest BCUT2D eigenvalue weighted by molar-refractivity contribution is -0.131. The van der Waals surface area contributed by atoms with Crippen LogP contribution in [0.4, 0.5) is 0 Å². The molecule has 2 amide bonds. The summed E-state index contributed by atoms with van der Waals surface area (Å²) in [7, 11) is 0. The third-order valence-corrected chi connectivity index (χ3v) is 3.99. The molecule has 20 heavy (non-hydrogen) atoms. The quantitative estimate of drug-likeness (QED) is 0.797. The van der Waals surface area contributed by atoms with Gasteiger partial charge >= 0.3 is 0 Å². The molecule has 2 rings (SSSR count). The first kappa shape index (κ1) is 17.2. The molecule has 0 saturated carbocycles. The Labute approximate surface area is 127 Å². The van der Waals surface area contributed by atoms with Crippen LogP contribution in [0, 0.1) is 5.92 Å². The highest BCUT2D eigenvalue weighted by molar-refractivity contribution is 5.85. The molecule has 2 aliphatic rings. The van der Waals surface area contributed by atoms with Crippen LogP contribution >= 0.6 is 12.4 Å². The lowest BCUT2D eigenvalue weighted by Gasteiger charge is -2.32. The van der Waals surface area contributed by atoms with Gasteiger partial charge in [0.05, 0.1) is 6.04 Å². The molecule has 0 radical (unpaired) electrons. The molecule has 6 heteroatoms. The van der Waals surface area contributed by atoms with Crippen molar-refractivity contribution in [1.82, 2.24) is 15.5 Å². The maximum absolute atomic E-state index is 12.1. The molecular weight excluding hydrogens is 278 g/mol. The molecule has 0 aromatic rings. The Kier molecular flexibility index (Phi) is 5.83. The lowest BCUT2D eigenvalue weighted by Crippen LogP contribution is -2.46. The topological polar surface area (TPSA) is 61.4 Å². The summed E-state index contributed by atoms with van der Waals surface area (Å²) in [4.78, 5) is 26.0. The third-order valence-electron chi connectivity index (χ3n) is 3.99. The Morgan fingerprint density at radius 2 is 1.90 bits per heavy atom. The summed E-state index contributed by atoms with van der Waals surface area (Å²) in [5.74, 6) is 0.373. The van der Waals surface area contributed by atoms with Crippen LogP contribution in [-0.2, 0) is 9.59 Å². The van der Waals surface area contributed by atoms with Crippen molar-refractivity contribution in [2.24, 2.45) is 5.92 Å². The van der Waals surface area contributed by atoms with Gasteiger partial charge < -0.3 is 15.5 Å². The molecule has 0 bridgehead atoms. The van der Waals surface area contributed by atoms with Crippen molar-refractivity contribution in [3.05, 3.63) is 0 Å². The van der Waals surface area contributed by atoms with E-state index < -0.39 is 0 Å². The summed E-state index contributed by atoms with van der Waals surface area (Å²) < 4.78 is 0. The van der Waals surface area contributed by atoms with Crippen molar-refractivity contribution in [2.45, 2.75) is 51.6 Å². The number of rotatable bonds is 2. The predicted molar refractivity (Wildman–Crippen MR) is 80.9 cm³/mol. The van der Waals surface area contributed by atoms with Crippen LogP contribution < -0.4 is 10.6 Å². The molecule has 0 aromatic heterocycles. The highest BCUT2D eigenvalue weighted by Gasteiger charge is 2.37. The first-order chi connectivity index (χ1) is 8.88. The second-order valence-electron chi connectivity index (χ2n) is 6.61. The van der Waals surface area contributed by atoms with Crippen molar-refractivity contribution in [2.75, 3.05) is 19.6 Å². The minimum absolute atomic E-state index is 0. The second kappa shape index (κ2) is 6.76. The molecular formula is C14H26ClN3O2. The zero-order valence-electron chi connectivity index (χ0n) is 12.6. The van der Waals surface area contributed by atoms with Gasteiger partial charge in [-0.25, -0.2) is 0 Å². The maximum Gasteiger partial charge on any atom is 0.225 e. The van der Waals surface area contributed by atoms with Crippen LogP contribution in [0.15, 0.2) is 0 Å². The van der Waals surface area contributed by atoms with Crippen LogP contribution in [0.5, 0.6) is 0 Å². The van der Waals surface area contributed by atoms with Crippen LogP contribution in [-0.4, -0.2) is 47.9 Å². The Morgan fingerprint density at radius 3 is 2.40 bits per heavy atom. The summed E-state index contributed by atoms with van der Waals surface area (Å²) in [6, 6.07) is -0.0193. The Bertz CT molecular complexity index is 362. The van der Waals surface area contributed by atoms with Crippen LogP contribution in [0.2, 0.25) is 0 Å². The fourth-order valence-electron chi connectivity index (χ4n) is 2.86. The lowest BCUT2D eigenvalue weighted by atomic mass is 9.97. The van der Waals surface area contributed by atoms with Crippen molar-refractivity contribution in [1.29, 1.82) is 0 Å². The number of halogens is 1. The van der Waals surface area contributed by atoms with E-state index in [1.807, 2.05) is 25.7 Å². The smallest absolute Gasteiger partial charge is 0.225 e. The number of amides is 2. The van der Waals surface area contributed by atoms with E-state index >= 15 is 0 Å². The Hall–Kier alpha value is -0.810.